The van der Waals surface area contributed by atoms with Gasteiger partial charge in [-0.3, -0.25) is 4.79 Å². The van der Waals surface area contributed by atoms with Gasteiger partial charge in [-0.2, -0.15) is 0 Å². The molecular weight excluding hydrogens is 273 g/mol. The lowest BCUT2D eigenvalue weighted by Crippen LogP contribution is -2.47. The lowest BCUT2D eigenvalue weighted by atomic mass is 9.87. The zero-order valence-corrected chi connectivity index (χ0v) is 12.3. The molecule has 1 aliphatic rings. The van der Waals surface area contributed by atoms with Gasteiger partial charge in [-0.1, -0.05) is 12.1 Å². The average Bonchev–Trinajstić information content (AvgIpc) is 2.47. The Morgan fingerprint density at radius 2 is 2.33 bits per heavy atom. The van der Waals surface area contributed by atoms with Crippen LogP contribution in [-0.2, 0) is 16.0 Å². The standard InChI is InChI=1S/C16H22FNO3/c1-21-8-6-16(20)18-7-5-13(15(19)11-18)9-12-3-2-4-14(17)10-12/h2-4,10,13,15,19H,5-9,11H2,1H3/t13-,15+/m1/s1. The van der Waals surface area contributed by atoms with Crippen LogP contribution in [0.25, 0.3) is 0 Å². The maximum atomic E-state index is 13.2. The molecule has 1 amide bonds. The number of carbonyl (C=O) groups excluding carboxylic acids is 1. The number of nitrogens with zero attached hydrogens (tertiary/aromatic N) is 1. The Kier molecular flexibility index (Phi) is 5.70. The first kappa shape index (κ1) is 15.9. The molecule has 21 heavy (non-hydrogen) atoms. The lowest BCUT2D eigenvalue weighted by Gasteiger charge is -2.36. The first-order valence-corrected chi connectivity index (χ1v) is 7.29. The lowest BCUT2D eigenvalue weighted by molar-refractivity contribution is -0.136. The molecule has 1 aromatic rings. The number of likely N-dealkylation sites (tertiary alicyclic amines) is 1. The van der Waals surface area contributed by atoms with Crippen molar-refractivity contribution in [1.29, 1.82) is 0 Å². The minimum absolute atomic E-state index is 0.0140. The van der Waals surface area contributed by atoms with Crippen LogP contribution in [0.3, 0.4) is 0 Å². The Morgan fingerprint density at radius 1 is 1.52 bits per heavy atom. The number of hydrogen-bond acceptors (Lipinski definition) is 3. The van der Waals surface area contributed by atoms with Crippen LogP contribution < -0.4 is 0 Å². The molecule has 1 heterocycles. The van der Waals surface area contributed by atoms with Crippen molar-refractivity contribution >= 4 is 5.91 Å². The molecule has 0 radical (unpaired) electrons. The summed E-state index contributed by atoms with van der Waals surface area (Å²) in [4.78, 5) is 13.6. The fourth-order valence-electron chi connectivity index (χ4n) is 2.76. The highest BCUT2D eigenvalue weighted by Gasteiger charge is 2.29. The van der Waals surface area contributed by atoms with Crippen molar-refractivity contribution in [3.8, 4) is 0 Å². The SMILES string of the molecule is COCCC(=O)N1CC[C@H](Cc2cccc(F)c2)[C@@H](O)C1. The predicted octanol–water partition coefficient (Wildman–Crippen LogP) is 1.61. The van der Waals surface area contributed by atoms with Crippen molar-refractivity contribution in [2.45, 2.75) is 25.4 Å². The largest absolute Gasteiger partial charge is 0.391 e. The van der Waals surface area contributed by atoms with Gasteiger partial charge in [0.25, 0.3) is 0 Å². The molecule has 116 valence electrons. The summed E-state index contributed by atoms with van der Waals surface area (Å²) >= 11 is 0. The number of rotatable bonds is 5. The van der Waals surface area contributed by atoms with Gasteiger partial charge in [0, 0.05) is 20.2 Å². The van der Waals surface area contributed by atoms with Crippen LogP contribution in [0.5, 0.6) is 0 Å². The molecule has 0 bridgehead atoms. The molecule has 1 saturated heterocycles. The van der Waals surface area contributed by atoms with E-state index in [-0.39, 0.29) is 17.6 Å². The molecule has 0 aliphatic carbocycles. The van der Waals surface area contributed by atoms with Crippen molar-refractivity contribution in [2.24, 2.45) is 5.92 Å². The second-order valence-corrected chi connectivity index (χ2v) is 5.53. The van der Waals surface area contributed by atoms with E-state index in [4.69, 9.17) is 4.74 Å². The van der Waals surface area contributed by atoms with E-state index in [0.29, 0.717) is 32.5 Å². The van der Waals surface area contributed by atoms with E-state index in [9.17, 15) is 14.3 Å². The number of ether oxygens (including phenoxy) is 1. The minimum Gasteiger partial charge on any atom is -0.391 e. The predicted molar refractivity (Wildman–Crippen MR) is 77.3 cm³/mol. The monoisotopic (exact) mass is 295 g/mol. The molecule has 1 aliphatic heterocycles. The first-order chi connectivity index (χ1) is 10.1. The molecule has 1 N–H and O–H groups in total. The molecule has 0 aromatic heterocycles. The number of aliphatic hydroxyl groups is 1. The summed E-state index contributed by atoms with van der Waals surface area (Å²) in [5.74, 6) is -0.174. The van der Waals surface area contributed by atoms with E-state index >= 15 is 0 Å². The third kappa shape index (κ3) is 4.51. The molecule has 1 aromatic carbocycles. The molecule has 4 nitrogen and oxygen atoms in total. The van der Waals surface area contributed by atoms with Crippen molar-refractivity contribution < 1.29 is 19.0 Å². The minimum atomic E-state index is -0.562. The summed E-state index contributed by atoms with van der Waals surface area (Å²) in [6.07, 6.45) is 1.15. The Morgan fingerprint density at radius 3 is 3.00 bits per heavy atom. The molecule has 5 heteroatoms. The number of amides is 1. The van der Waals surface area contributed by atoms with Crippen LogP contribution in [0, 0.1) is 11.7 Å². The van der Waals surface area contributed by atoms with E-state index in [0.717, 1.165) is 12.0 Å². The van der Waals surface area contributed by atoms with Crippen LogP contribution in [0.2, 0.25) is 0 Å². The molecule has 0 saturated carbocycles. The maximum Gasteiger partial charge on any atom is 0.224 e. The number of piperidine rings is 1. The van der Waals surface area contributed by atoms with Gasteiger partial charge in [0.2, 0.25) is 5.91 Å². The van der Waals surface area contributed by atoms with Gasteiger partial charge < -0.3 is 14.7 Å². The second kappa shape index (κ2) is 7.52. The maximum absolute atomic E-state index is 13.2. The van der Waals surface area contributed by atoms with Gasteiger partial charge in [0.15, 0.2) is 0 Å². The number of hydrogen-bond donors (Lipinski definition) is 1. The van der Waals surface area contributed by atoms with Gasteiger partial charge in [0.05, 0.1) is 19.1 Å². The zero-order valence-electron chi connectivity index (χ0n) is 12.3. The Hall–Kier alpha value is -1.46. The highest BCUT2D eigenvalue weighted by atomic mass is 19.1. The molecule has 0 spiro atoms. The number of β-amino-alcohol motifs (C(OH)–C–C–N with tert-alkyl or cyclic N) is 1. The highest BCUT2D eigenvalue weighted by molar-refractivity contribution is 5.76. The molecular formula is C16H22FNO3. The van der Waals surface area contributed by atoms with Gasteiger partial charge >= 0.3 is 0 Å². The Balaban J connectivity index is 1.87. The second-order valence-electron chi connectivity index (χ2n) is 5.53. The normalized spacial score (nSPS) is 22.3. The van der Waals surface area contributed by atoms with Crippen molar-refractivity contribution in [1.82, 2.24) is 4.90 Å². The quantitative estimate of drug-likeness (QED) is 0.898. The van der Waals surface area contributed by atoms with E-state index in [2.05, 4.69) is 0 Å². The highest BCUT2D eigenvalue weighted by Crippen LogP contribution is 2.23. The van der Waals surface area contributed by atoms with E-state index in [1.54, 1.807) is 18.1 Å². The Bertz CT molecular complexity index is 480. The first-order valence-electron chi connectivity index (χ1n) is 7.29. The number of halogens is 1. The summed E-state index contributed by atoms with van der Waals surface area (Å²) in [6.45, 7) is 1.39. The van der Waals surface area contributed by atoms with Crippen molar-refractivity contribution in [3.63, 3.8) is 0 Å². The van der Waals surface area contributed by atoms with Crippen LogP contribution >= 0.6 is 0 Å². The van der Waals surface area contributed by atoms with E-state index < -0.39 is 6.10 Å². The third-order valence-electron chi connectivity index (χ3n) is 3.98. The zero-order chi connectivity index (χ0) is 15.2. The Labute approximate surface area is 124 Å². The fourth-order valence-corrected chi connectivity index (χ4v) is 2.76. The van der Waals surface area contributed by atoms with Crippen LogP contribution in [0.1, 0.15) is 18.4 Å². The average molecular weight is 295 g/mol. The van der Waals surface area contributed by atoms with Gasteiger partial charge in [-0.25, -0.2) is 4.39 Å². The summed E-state index contributed by atoms with van der Waals surface area (Å²) in [6, 6.07) is 6.46. The van der Waals surface area contributed by atoms with Crippen LogP contribution in [-0.4, -0.2) is 48.8 Å². The van der Waals surface area contributed by atoms with Crippen molar-refractivity contribution in [3.05, 3.63) is 35.6 Å². The number of carbonyl (C=O) groups is 1. The van der Waals surface area contributed by atoms with Gasteiger partial charge in [-0.15, -0.1) is 0 Å². The molecule has 2 rings (SSSR count). The summed E-state index contributed by atoms with van der Waals surface area (Å²) in [7, 11) is 1.56. The molecule has 0 unspecified atom stereocenters. The van der Waals surface area contributed by atoms with E-state index in [1.807, 2.05) is 6.07 Å². The number of aliphatic hydroxyl groups excluding tert-OH is 1. The number of methoxy groups -OCH3 is 1. The van der Waals surface area contributed by atoms with Crippen LogP contribution in [0.15, 0.2) is 24.3 Å². The fraction of sp³-hybridized carbons (Fsp3) is 0.562. The smallest absolute Gasteiger partial charge is 0.224 e. The van der Waals surface area contributed by atoms with Crippen LogP contribution in [0.4, 0.5) is 4.39 Å². The van der Waals surface area contributed by atoms with Gasteiger partial charge in [0.1, 0.15) is 5.82 Å². The van der Waals surface area contributed by atoms with E-state index in [1.165, 1.54) is 12.1 Å². The van der Waals surface area contributed by atoms with Crippen molar-refractivity contribution in [2.75, 3.05) is 26.8 Å². The third-order valence-corrected chi connectivity index (χ3v) is 3.98. The summed E-state index contributed by atoms with van der Waals surface area (Å²) in [5, 5.41) is 10.2. The van der Waals surface area contributed by atoms with Gasteiger partial charge in [-0.05, 0) is 36.5 Å². The molecule has 1 fully saturated rings. The summed E-state index contributed by atoms with van der Waals surface area (Å²) in [5.41, 5.74) is 0.887. The summed E-state index contributed by atoms with van der Waals surface area (Å²) < 4.78 is 18.1. The number of benzene rings is 1. The molecule has 2 atom stereocenters. The topological polar surface area (TPSA) is 49.8 Å².